The van der Waals surface area contributed by atoms with Crippen molar-refractivity contribution >= 4 is 11.8 Å². The summed E-state index contributed by atoms with van der Waals surface area (Å²) in [6.45, 7) is 1.60. The Balaban J connectivity index is 1.64. The minimum atomic E-state index is -0.197. The first kappa shape index (κ1) is 17.0. The van der Waals surface area contributed by atoms with Crippen LogP contribution in [-0.2, 0) is 17.9 Å². The summed E-state index contributed by atoms with van der Waals surface area (Å²) in [4.78, 5) is 14.4. The molecule has 2 aromatic rings. The molecule has 0 radical (unpaired) electrons. The van der Waals surface area contributed by atoms with E-state index in [9.17, 15) is 4.79 Å². The third kappa shape index (κ3) is 4.00. The van der Waals surface area contributed by atoms with Crippen LogP contribution in [0.3, 0.4) is 0 Å². The van der Waals surface area contributed by atoms with Crippen LogP contribution in [-0.4, -0.2) is 34.4 Å². The smallest absolute Gasteiger partial charge is 0.323 e. The molecule has 3 heterocycles. The zero-order chi connectivity index (χ0) is 17.6. The lowest BCUT2D eigenvalue weighted by atomic mass is 10.2. The van der Waals surface area contributed by atoms with Gasteiger partial charge >= 0.3 is 6.03 Å². The van der Waals surface area contributed by atoms with Crippen LogP contribution in [0.1, 0.15) is 36.8 Å². The molecule has 8 heteroatoms. The average Bonchev–Trinajstić information content (AvgIpc) is 3.33. The Kier molecular flexibility index (Phi) is 5.36. The molecule has 0 bridgehead atoms. The number of amides is 2. The van der Waals surface area contributed by atoms with E-state index in [0.29, 0.717) is 31.9 Å². The van der Waals surface area contributed by atoms with Gasteiger partial charge in [0.1, 0.15) is 18.1 Å². The van der Waals surface area contributed by atoms with Crippen LogP contribution >= 0.6 is 0 Å². The summed E-state index contributed by atoms with van der Waals surface area (Å²) < 4.78 is 12.5. The molecule has 8 nitrogen and oxygen atoms in total. The summed E-state index contributed by atoms with van der Waals surface area (Å²) in [6.07, 6.45) is 3.92. The highest BCUT2D eigenvalue weighted by Crippen LogP contribution is 2.33. The first-order chi connectivity index (χ1) is 12.2. The second kappa shape index (κ2) is 7.85. The number of urea groups is 1. The topological polar surface area (TPSA) is 96.3 Å². The molecule has 2 aromatic heterocycles. The number of nitriles is 1. The van der Waals surface area contributed by atoms with E-state index in [0.717, 1.165) is 24.4 Å². The zero-order valence-corrected chi connectivity index (χ0v) is 14.1. The van der Waals surface area contributed by atoms with Crippen LogP contribution < -0.4 is 5.32 Å². The Labute approximate surface area is 146 Å². The number of nitrogens with zero attached hydrogens (tertiary/aromatic N) is 4. The van der Waals surface area contributed by atoms with Gasteiger partial charge in [0, 0.05) is 25.9 Å². The summed E-state index contributed by atoms with van der Waals surface area (Å²) in [5.74, 6) is 2.01. The number of furan rings is 1. The summed E-state index contributed by atoms with van der Waals surface area (Å²) >= 11 is 0. The third-order valence-electron chi connectivity index (χ3n) is 4.14. The quantitative estimate of drug-likeness (QED) is 0.870. The predicted octanol–water partition coefficient (Wildman–Crippen LogP) is 2.91. The maximum atomic E-state index is 12.6. The van der Waals surface area contributed by atoms with Gasteiger partial charge in [0.05, 0.1) is 25.1 Å². The van der Waals surface area contributed by atoms with Gasteiger partial charge in [-0.15, -0.1) is 0 Å². The standard InChI is InChI=1S/C17H21N5O3/c1-24-12-13-5-6-15(25-13)14-4-2-10-22(14)17(23)19-16-7-11-21(20-16)9-3-8-18/h5-7,11,14H,2-4,9-10,12H2,1H3,(H,19,20,23)/t14-/m1/s1. The molecule has 0 aromatic carbocycles. The molecule has 25 heavy (non-hydrogen) atoms. The number of aryl methyl sites for hydroxylation is 1. The number of methoxy groups -OCH3 is 1. The maximum Gasteiger partial charge on any atom is 0.323 e. The average molecular weight is 343 g/mol. The van der Waals surface area contributed by atoms with E-state index < -0.39 is 0 Å². The summed E-state index contributed by atoms with van der Waals surface area (Å²) in [7, 11) is 1.62. The monoisotopic (exact) mass is 343 g/mol. The molecule has 2 amide bonds. The van der Waals surface area contributed by atoms with Gasteiger partial charge in [-0.25, -0.2) is 4.79 Å². The van der Waals surface area contributed by atoms with Crippen LogP contribution in [0.25, 0.3) is 0 Å². The highest BCUT2D eigenvalue weighted by molar-refractivity contribution is 5.88. The number of ether oxygens (including phenoxy) is 1. The molecule has 0 unspecified atom stereocenters. The highest BCUT2D eigenvalue weighted by Gasteiger charge is 2.32. The summed E-state index contributed by atoms with van der Waals surface area (Å²) in [6, 6.07) is 7.31. The van der Waals surface area contributed by atoms with Crippen molar-refractivity contribution in [2.45, 2.75) is 38.5 Å². The lowest BCUT2D eigenvalue weighted by molar-refractivity contribution is 0.157. The van der Waals surface area contributed by atoms with Gasteiger partial charge in [0.25, 0.3) is 0 Å². The van der Waals surface area contributed by atoms with Crippen molar-refractivity contribution in [1.82, 2.24) is 14.7 Å². The van der Waals surface area contributed by atoms with Gasteiger partial charge in [-0.05, 0) is 25.0 Å². The molecule has 132 valence electrons. The van der Waals surface area contributed by atoms with Crippen LogP contribution in [0.15, 0.2) is 28.8 Å². The number of carbonyl (C=O) groups excluding carboxylic acids is 1. The Hall–Kier alpha value is -2.79. The SMILES string of the molecule is COCc1ccc([C@H]2CCCN2C(=O)Nc2ccn(CCC#N)n2)o1. The van der Waals surface area contributed by atoms with Crippen LogP contribution in [0.4, 0.5) is 10.6 Å². The Morgan fingerprint density at radius 3 is 3.20 bits per heavy atom. The number of rotatable bonds is 6. The number of aromatic nitrogens is 2. The lowest BCUT2D eigenvalue weighted by Crippen LogP contribution is -2.34. The van der Waals surface area contributed by atoms with Gasteiger partial charge in [-0.2, -0.15) is 10.4 Å². The van der Waals surface area contributed by atoms with E-state index in [1.807, 2.05) is 12.1 Å². The molecule has 0 spiro atoms. The lowest BCUT2D eigenvalue weighted by Gasteiger charge is -2.23. The molecule has 1 saturated heterocycles. The molecular formula is C17H21N5O3. The molecule has 1 fully saturated rings. The van der Waals surface area contributed by atoms with Gasteiger partial charge in [-0.3, -0.25) is 10.00 Å². The van der Waals surface area contributed by atoms with E-state index in [-0.39, 0.29) is 12.1 Å². The van der Waals surface area contributed by atoms with Crippen molar-refractivity contribution < 1.29 is 13.9 Å². The number of anilines is 1. The van der Waals surface area contributed by atoms with Crippen LogP contribution in [0, 0.1) is 11.3 Å². The number of hydrogen-bond acceptors (Lipinski definition) is 5. The van der Waals surface area contributed by atoms with Crippen molar-refractivity contribution in [2.24, 2.45) is 0 Å². The maximum absolute atomic E-state index is 12.6. The molecule has 1 atom stereocenters. The second-order valence-electron chi connectivity index (χ2n) is 5.89. The Bertz CT molecular complexity index is 760. The Morgan fingerprint density at radius 2 is 2.40 bits per heavy atom. The first-order valence-electron chi connectivity index (χ1n) is 8.27. The minimum Gasteiger partial charge on any atom is -0.461 e. The number of likely N-dealkylation sites (tertiary alicyclic amines) is 1. The van der Waals surface area contributed by atoms with Gasteiger partial charge in [0.15, 0.2) is 5.82 Å². The summed E-state index contributed by atoms with van der Waals surface area (Å²) in [5.41, 5.74) is 0. The van der Waals surface area contributed by atoms with Crippen LogP contribution in [0.5, 0.6) is 0 Å². The number of carbonyl (C=O) groups is 1. The van der Waals surface area contributed by atoms with Crippen molar-refractivity contribution in [3.05, 3.63) is 35.9 Å². The van der Waals surface area contributed by atoms with Gasteiger partial charge < -0.3 is 14.1 Å². The highest BCUT2D eigenvalue weighted by atomic mass is 16.5. The van der Waals surface area contributed by atoms with Crippen LogP contribution in [0.2, 0.25) is 0 Å². The second-order valence-corrected chi connectivity index (χ2v) is 5.89. The zero-order valence-electron chi connectivity index (χ0n) is 14.1. The predicted molar refractivity (Wildman–Crippen MR) is 89.6 cm³/mol. The molecule has 0 aliphatic carbocycles. The van der Waals surface area contributed by atoms with E-state index in [4.69, 9.17) is 14.4 Å². The largest absolute Gasteiger partial charge is 0.461 e. The van der Waals surface area contributed by atoms with E-state index in [1.54, 1.807) is 29.0 Å². The normalized spacial score (nSPS) is 16.8. The molecule has 1 aliphatic heterocycles. The van der Waals surface area contributed by atoms with Gasteiger partial charge in [-0.1, -0.05) is 0 Å². The fourth-order valence-electron chi connectivity index (χ4n) is 3.00. The van der Waals surface area contributed by atoms with Crippen molar-refractivity contribution in [1.29, 1.82) is 5.26 Å². The summed E-state index contributed by atoms with van der Waals surface area (Å²) in [5, 5.41) is 15.7. The molecular weight excluding hydrogens is 322 g/mol. The fourth-order valence-corrected chi connectivity index (χ4v) is 3.00. The van der Waals surface area contributed by atoms with E-state index in [1.165, 1.54) is 0 Å². The number of nitrogens with one attached hydrogen (secondary N) is 1. The molecule has 1 N–H and O–H groups in total. The number of hydrogen-bond donors (Lipinski definition) is 1. The minimum absolute atomic E-state index is 0.0775. The fraction of sp³-hybridized carbons (Fsp3) is 0.471. The van der Waals surface area contributed by atoms with E-state index in [2.05, 4.69) is 16.5 Å². The first-order valence-corrected chi connectivity index (χ1v) is 8.27. The van der Waals surface area contributed by atoms with Crippen molar-refractivity contribution in [2.75, 3.05) is 19.0 Å². The molecule has 1 aliphatic rings. The molecule has 0 saturated carbocycles. The van der Waals surface area contributed by atoms with Crippen molar-refractivity contribution in [3.63, 3.8) is 0 Å². The van der Waals surface area contributed by atoms with E-state index >= 15 is 0 Å². The van der Waals surface area contributed by atoms with Gasteiger partial charge in [0.2, 0.25) is 0 Å². The Morgan fingerprint density at radius 1 is 1.52 bits per heavy atom. The molecule has 3 rings (SSSR count). The van der Waals surface area contributed by atoms with Crippen molar-refractivity contribution in [3.8, 4) is 6.07 Å². The third-order valence-corrected chi connectivity index (χ3v) is 4.14.